The summed E-state index contributed by atoms with van der Waals surface area (Å²) < 4.78 is 0. The highest BCUT2D eigenvalue weighted by Crippen LogP contribution is 2.22. The first-order valence-electron chi connectivity index (χ1n) is 33.3. The lowest BCUT2D eigenvalue weighted by atomic mass is 10.0. The summed E-state index contributed by atoms with van der Waals surface area (Å²) in [5.41, 5.74) is 0.205. The number of carbonyl (C=O) groups excluding carboxylic acids is 13. The van der Waals surface area contributed by atoms with Crippen molar-refractivity contribution in [1.82, 2.24) is 68.7 Å². The van der Waals surface area contributed by atoms with Crippen LogP contribution in [-0.4, -0.2) is 266 Å². The van der Waals surface area contributed by atoms with E-state index in [-0.39, 0.29) is 42.0 Å². The Morgan fingerprint density at radius 3 is 1.02 bits per heavy atom. The fourth-order valence-electron chi connectivity index (χ4n) is 10.9. The number of carbonyl (C=O) groups is 20. The number of hydrogen-bond donors (Lipinski definition) is 22. The largest absolute Gasteiger partial charge is 0.508 e. The molecule has 43 nitrogen and oxygen atoms in total. The van der Waals surface area contributed by atoms with E-state index in [1.54, 1.807) is 0 Å². The molecule has 0 bridgehead atoms. The van der Waals surface area contributed by atoms with Crippen LogP contribution in [-0.2, 0) is 109 Å². The molecule has 0 unspecified atom stereocenters. The first-order valence-corrected chi connectivity index (χ1v) is 33.3. The van der Waals surface area contributed by atoms with Crippen molar-refractivity contribution in [3.05, 3.63) is 59.7 Å². The molecule has 22 N–H and O–H groups in total. The highest BCUT2D eigenvalue weighted by atomic mass is 16.4. The van der Waals surface area contributed by atoms with E-state index in [1.807, 2.05) is 10.6 Å². The van der Waals surface area contributed by atoms with Gasteiger partial charge in [0.25, 0.3) is 0 Å². The average molecular weight is 1530 g/mol. The molecule has 2 heterocycles. The molecule has 4 rings (SSSR count). The second-order valence-electron chi connectivity index (χ2n) is 25.5. The molecule has 2 aliphatic rings. The zero-order chi connectivity index (χ0) is 81.0. The number of rotatable bonds is 23. The number of carboxylic acid groups (broad SMARTS) is 7. The number of aliphatic hydroxyl groups is 1. The summed E-state index contributed by atoms with van der Waals surface area (Å²) in [7, 11) is 0. The molecule has 108 heavy (non-hydrogen) atoms. The van der Waals surface area contributed by atoms with E-state index >= 15 is 0 Å². The minimum atomic E-state index is -2.28. The van der Waals surface area contributed by atoms with Gasteiger partial charge >= 0.3 is 41.8 Å². The molecular formula is C65H85N13O30. The Morgan fingerprint density at radius 2 is 0.657 bits per heavy atom. The molecular weight excluding hydrogens is 1440 g/mol. The summed E-state index contributed by atoms with van der Waals surface area (Å²) in [4.78, 5) is 271. The molecule has 2 aromatic rings. The first kappa shape index (κ1) is 87.8. The summed E-state index contributed by atoms with van der Waals surface area (Å²) in [5.74, 6) is -32.0. The Labute approximate surface area is 611 Å². The number of benzene rings is 2. The van der Waals surface area contributed by atoms with Gasteiger partial charge in [0.1, 0.15) is 90.0 Å². The van der Waals surface area contributed by atoms with Crippen molar-refractivity contribution in [2.45, 2.75) is 189 Å². The number of nitrogens with one attached hydrogen (secondary N) is 12. The van der Waals surface area contributed by atoms with E-state index in [2.05, 4.69) is 53.2 Å². The van der Waals surface area contributed by atoms with Gasteiger partial charge in [-0.25, -0.2) is 0 Å². The Hall–Kier alpha value is -12.6. The van der Waals surface area contributed by atoms with Gasteiger partial charge in [0, 0.05) is 32.2 Å². The minimum absolute atomic E-state index is 0.0507. The number of amides is 13. The van der Waals surface area contributed by atoms with E-state index in [1.165, 1.54) is 38.1 Å². The second kappa shape index (κ2) is 41.8. The Bertz CT molecular complexity index is 3720. The van der Waals surface area contributed by atoms with Crippen LogP contribution in [0.2, 0.25) is 0 Å². The summed E-state index contributed by atoms with van der Waals surface area (Å²) >= 11 is 0. The predicted octanol–water partition coefficient (Wildman–Crippen LogP) is -7.13. The Kier molecular flexibility index (Phi) is 34.0. The third-order valence-electron chi connectivity index (χ3n) is 16.4. The van der Waals surface area contributed by atoms with Gasteiger partial charge in [0.05, 0.1) is 38.7 Å². The van der Waals surface area contributed by atoms with Crippen molar-refractivity contribution in [1.29, 1.82) is 0 Å². The number of phenols is 2. The summed E-state index contributed by atoms with van der Waals surface area (Å²) in [5, 5.41) is 125. The number of carboxylic acids is 7. The van der Waals surface area contributed by atoms with Gasteiger partial charge in [0.15, 0.2) is 0 Å². The molecule has 0 spiro atoms. The van der Waals surface area contributed by atoms with Crippen molar-refractivity contribution >= 4 is 119 Å². The first-order chi connectivity index (χ1) is 50.6. The van der Waals surface area contributed by atoms with Crippen LogP contribution >= 0.6 is 0 Å². The maximum atomic E-state index is 14.6. The SMILES string of the molecule is CC(C)C[C@@H]1NC(=O)[C@@H](CC(=O)O)NC(=O)[C@H](CO)NC(=O)[C@H](Cc2ccc(O)cc2)NC(=O)[C@H](CC(=O)O)NC(=O)[C@H](Cc2ccc(O)cc2)NC(=O)[C@@H](CCC(=O)O)NC(=O)[C@@H](CC(=O)O)NC(=O)[C@@H]2CCCN2C(=O)[C@@H](CC(=O)O)NC(=O)[C@H](C)NC(=O)[C@@H](CC(=O)O)NC(=O)[C@@H](CCC(=O)O)NC1=O. The molecule has 13 amide bonds. The molecule has 0 aromatic heterocycles. The molecule has 13 atom stereocenters. The Morgan fingerprint density at radius 1 is 0.370 bits per heavy atom. The van der Waals surface area contributed by atoms with Crippen molar-refractivity contribution in [2.75, 3.05) is 13.2 Å². The highest BCUT2D eigenvalue weighted by Gasteiger charge is 2.43. The third-order valence-corrected chi connectivity index (χ3v) is 16.4. The predicted molar refractivity (Wildman–Crippen MR) is 359 cm³/mol. The molecule has 0 radical (unpaired) electrons. The quantitative estimate of drug-likeness (QED) is 0.0492. The fraction of sp³-hybridized carbons (Fsp3) is 0.508. The number of hydrogen-bond acceptors (Lipinski definition) is 23. The zero-order valence-corrected chi connectivity index (χ0v) is 58.1. The van der Waals surface area contributed by atoms with Crippen LogP contribution in [0.3, 0.4) is 0 Å². The fourth-order valence-corrected chi connectivity index (χ4v) is 10.9. The van der Waals surface area contributed by atoms with E-state index in [0.717, 1.165) is 36.1 Å². The number of phenolic OH excluding ortho intramolecular Hbond substituents is 2. The molecule has 2 fully saturated rings. The van der Waals surface area contributed by atoms with Crippen LogP contribution in [0.15, 0.2) is 48.5 Å². The van der Waals surface area contributed by atoms with E-state index in [0.29, 0.717) is 0 Å². The van der Waals surface area contributed by atoms with Crippen LogP contribution < -0.4 is 63.8 Å². The van der Waals surface area contributed by atoms with Crippen molar-refractivity contribution in [3.8, 4) is 11.5 Å². The molecule has 2 aliphatic heterocycles. The van der Waals surface area contributed by atoms with E-state index < -0.39 is 287 Å². The van der Waals surface area contributed by atoms with E-state index in [4.69, 9.17) is 0 Å². The maximum absolute atomic E-state index is 14.6. The highest BCUT2D eigenvalue weighted by molar-refractivity contribution is 6.03. The molecule has 0 aliphatic carbocycles. The zero-order valence-electron chi connectivity index (χ0n) is 58.1. The van der Waals surface area contributed by atoms with Gasteiger partial charge in [-0.05, 0) is 80.3 Å². The maximum Gasteiger partial charge on any atom is 0.305 e. The van der Waals surface area contributed by atoms with Crippen LogP contribution in [0.1, 0.15) is 109 Å². The van der Waals surface area contributed by atoms with Crippen molar-refractivity contribution < 1.29 is 147 Å². The minimum Gasteiger partial charge on any atom is -0.508 e. The second-order valence-corrected chi connectivity index (χ2v) is 25.5. The summed E-state index contributed by atoms with van der Waals surface area (Å²) in [6, 6.07) is -17.5. The lowest BCUT2D eigenvalue weighted by Gasteiger charge is -2.30. The van der Waals surface area contributed by atoms with Gasteiger partial charge in [-0.15, -0.1) is 0 Å². The van der Waals surface area contributed by atoms with Crippen LogP contribution in [0.5, 0.6) is 11.5 Å². The molecule has 2 aromatic carbocycles. The number of aromatic hydroxyl groups is 2. The molecule has 2 saturated heterocycles. The molecule has 43 heteroatoms. The van der Waals surface area contributed by atoms with Gasteiger partial charge in [-0.2, -0.15) is 0 Å². The van der Waals surface area contributed by atoms with Crippen LogP contribution in [0.25, 0.3) is 0 Å². The Balaban J connectivity index is 1.92. The molecule has 0 saturated carbocycles. The van der Waals surface area contributed by atoms with Gasteiger partial charge in [-0.3, -0.25) is 95.9 Å². The van der Waals surface area contributed by atoms with E-state index in [9.17, 15) is 147 Å². The topological polar surface area (TPSA) is 691 Å². The van der Waals surface area contributed by atoms with Crippen molar-refractivity contribution in [2.24, 2.45) is 5.92 Å². The number of aliphatic hydroxyl groups excluding tert-OH is 1. The normalized spacial score (nSPS) is 24.9. The van der Waals surface area contributed by atoms with Crippen LogP contribution in [0.4, 0.5) is 0 Å². The van der Waals surface area contributed by atoms with Gasteiger partial charge < -0.3 is 120 Å². The van der Waals surface area contributed by atoms with Crippen LogP contribution in [0, 0.1) is 5.92 Å². The lowest BCUT2D eigenvalue weighted by molar-refractivity contribution is -0.146. The number of aliphatic carboxylic acids is 7. The summed E-state index contributed by atoms with van der Waals surface area (Å²) in [6.07, 6.45) is -12.1. The van der Waals surface area contributed by atoms with Gasteiger partial charge in [-0.1, -0.05) is 38.1 Å². The average Bonchev–Trinajstić information content (AvgIpc) is 1.61. The third kappa shape index (κ3) is 29.1. The number of fused-ring (bicyclic) bond motifs is 1. The lowest BCUT2D eigenvalue weighted by Crippen LogP contribution is -2.62. The standard InChI is InChI=1S/C65H85N13O30/c1-28(2)19-36-57(100)67-35(15-17-47(84)85)55(98)72-39(22-48(86)87)56(99)66-29(3)53(96)76-43(26-52(94)95)65(108)78-18-4-5-45(78)64(107)75-42(25-51(92)93)60(103)68-34(14-16-46(82)83)54(97)70-37(20-30-6-10-32(80)11-7-30)58(101)73-40(23-49(88)89)62(105)71-38(21-31-8-12-33(81)13-9-31)59(102)77-44(27-79)63(106)74-41(24-50(90)91)61(104)69-36/h6-13,28-29,34-45,79-81H,4-5,14-27H2,1-3H3,(H,66,99)(H,67,100)(H,68,103)(H,69,104)(H,70,97)(H,71,105)(H,72,98)(H,73,101)(H,74,106)(H,75,107)(H,76,96)(H,77,102)(H,82,83)(H,84,85)(H,86,87)(H,88,89)(H,90,91)(H,92,93)(H,94,95)/t29-,34+,35+,36-,37-,38-,39+,40-,41+,42+,43+,44-,45-/m0/s1. The number of nitrogens with zero attached hydrogens (tertiary/aromatic N) is 1. The summed E-state index contributed by atoms with van der Waals surface area (Å²) in [6.45, 7) is 2.18. The van der Waals surface area contributed by atoms with Gasteiger partial charge in [0.2, 0.25) is 76.8 Å². The molecule has 590 valence electrons. The van der Waals surface area contributed by atoms with Crippen molar-refractivity contribution in [3.63, 3.8) is 0 Å². The monoisotopic (exact) mass is 1530 g/mol. The smallest absolute Gasteiger partial charge is 0.305 e.